The van der Waals surface area contributed by atoms with Gasteiger partial charge in [-0.2, -0.15) is 0 Å². The van der Waals surface area contributed by atoms with Crippen molar-refractivity contribution in [2.75, 3.05) is 0 Å². The average molecular weight is 410 g/mol. The van der Waals surface area contributed by atoms with Crippen molar-refractivity contribution in [1.29, 1.82) is 0 Å². The summed E-state index contributed by atoms with van der Waals surface area (Å²) in [7, 11) is -2.97. The summed E-state index contributed by atoms with van der Waals surface area (Å²) in [6.07, 6.45) is 0. The Balaban J connectivity index is 2.06. The molecule has 8 heteroatoms. The zero-order valence-electron chi connectivity index (χ0n) is 18.3. The quantitative estimate of drug-likeness (QED) is 0.500. The average Bonchev–Trinajstić information content (AvgIpc) is 2.65. The molecule has 154 valence electrons. The van der Waals surface area contributed by atoms with Crippen molar-refractivity contribution in [2.45, 2.75) is 117 Å². The van der Waals surface area contributed by atoms with Gasteiger partial charge in [0.1, 0.15) is 33.6 Å². The standard InChI is InChI=1S/C18H36O6P2/c1-13(2)14(3,4)20-25(19-13)23-17(9,10)18(11,12)24-26-21-15(5,6)16(7,8)22-26/h1-12H3. The van der Waals surface area contributed by atoms with Crippen molar-refractivity contribution >= 4 is 17.2 Å². The van der Waals surface area contributed by atoms with Crippen LogP contribution in [0.25, 0.3) is 0 Å². The third kappa shape index (κ3) is 4.14. The second kappa shape index (κ2) is 6.57. The summed E-state index contributed by atoms with van der Waals surface area (Å²) in [5.41, 5.74) is -3.04. The van der Waals surface area contributed by atoms with Gasteiger partial charge in [0.2, 0.25) is 0 Å². The van der Waals surface area contributed by atoms with Crippen LogP contribution in [0.2, 0.25) is 0 Å². The van der Waals surface area contributed by atoms with Gasteiger partial charge in [0, 0.05) is 0 Å². The molecule has 0 unspecified atom stereocenters. The summed E-state index contributed by atoms with van der Waals surface area (Å²) < 4.78 is 36.6. The summed E-state index contributed by atoms with van der Waals surface area (Å²) in [4.78, 5) is 0. The lowest BCUT2D eigenvalue weighted by Gasteiger charge is -2.41. The van der Waals surface area contributed by atoms with Crippen LogP contribution in [-0.2, 0) is 27.1 Å². The van der Waals surface area contributed by atoms with Crippen LogP contribution < -0.4 is 0 Å². The van der Waals surface area contributed by atoms with E-state index in [9.17, 15) is 0 Å². The Bertz CT molecular complexity index is 462. The van der Waals surface area contributed by atoms with Gasteiger partial charge in [-0.25, -0.2) is 0 Å². The van der Waals surface area contributed by atoms with Gasteiger partial charge in [-0.05, 0) is 83.1 Å². The molecule has 0 amide bonds. The van der Waals surface area contributed by atoms with Crippen LogP contribution in [0.4, 0.5) is 0 Å². The van der Waals surface area contributed by atoms with Gasteiger partial charge in [-0.1, -0.05) is 0 Å². The molecule has 0 aromatic carbocycles. The normalized spacial score (nSPS) is 28.6. The first-order valence-electron chi connectivity index (χ1n) is 9.07. The summed E-state index contributed by atoms with van der Waals surface area (Å²) in [5, 5.41) is 0. The fraction of sp³-hybridized carbons (Fsp3) is 1.00. The summed E-state index contributed by atoms with van der Waals surface area (Å²) in [6, 6.07) is 0. The molecule has 2 fully saturated rings. The number of hydrogen-bond acceptors (Lipinski definition) is 6. The maximum absolute atomic E-state index is 6.24. The highest BCUT2D eigenvalue weighted by molar-refractivity contribution is 7.42. The van der Waals surface area contributed by atoms with E-state index >= 15 is 0 Å². The van der Waals surface area contributed by atoms with Crippen LogP contribution in [-0.4, -0.2) is 33.6 Å². The van der Waals surface area contributed by atoms with Crippen LogP contribution in [0.5, 0.6) is 0 Å². The Morgan fingerprint density at radius 2 is 0.692 bits per heavy atom. The molecule has 0 aliphatic carbocycles. The van der Waals surface area contributed by atoms with Crippen molar-refractivity contribution in [1.82, 2.24) is 0 Å². The molecule has 0 spiro atoms. The maximum Gasteiger partial charge on any atom is 0.334 e. The molecule has 0 saturated carbocycles. The van der Waals surface area contributed by atoms with Crippen LogP contribution in [0.3, 0.4) is 0 Å². The predicted octanol–water partition coefficient (Wildman–Crippen LogP) is 6.24. The third-order valence-electron chi connectivity index (χ3n) is 6.17. The highest BCUT2D eigenvalue weighted by Gasteiger charge is 2.56. The highest BCUT2D eigenvalue weighted by atomic mass is 31.2. The second-order valence-electron chi connectivity index (χ2n) is 10.1. The zero-order chi connectivity index (χ0) is 20.4. The van der Waals surface area contributed by atoms with Crippen molar-refractivity contribution in [3.8, 4) is 0 Å². The molecule has 0 aromatic rings. The first kappa shape index (κ1) is 22.9. The molecule has 2 heterocycles. The largest absolute Gasteiger partial charge is 0.334 e. The van der Waals surface area contributed by atoms with Gasteiger partial charge < -0.3 is 27.1 Å². The monoisotopic (exact) mass is 410 g/mol. The van der Waals surface area contributed by atoms with E-state index in [2.05, 4.69) is 0 Å². The Morgan fingerprint density at radius 1 is 0.500 bits per heavy atom. The van der Waals surface area contributed by atoms with E-state index < -0.39 is 50.8 Å². The van der Waals surface area contributed by atoms with E-state index in [0.29, 0.717) is 0 Å². The molecule has 2 saturated heterocycles. The first-order valence-corrected chi connectivity index (χ1v) is 11.3. The summed E-state index contributed by atoms with van der Waals surface area (Å²) in [6.45, 7) is 24.0. The Morgan fingerprint density at radius 3 is 0.885 bits per heavy atom. The molecule has 2 aliphatic heterocycles. The molecule has 2 aliphatic rings. The third-order valence-corrected chi connectivity index (χ3v) is 9.80. The van der Waals surface area contributed by atoms with Crippen LogP contribution in [0.1, 0.15) is 83.1 Å². The smallest absolute Gasteiger partial charge is 0.303 e. The first-order chi connectivity index (χ1) is 11.3. The van der Waals surface area contributed by atoms with Crippen LogP contribution in [0.15, 0.2) is 0 Å². The van der Waals surface area contributed by atoms with Gasteiger partial charge in [0.25, 0.3) is 0 Å². The predicted molar refractivity (Wildman–Crippen MR) is 105 cm³/mol. The van der Waals surface area contributed by atoms with Crippen LogP contribution >= 0.6 is 17.2 Å². The van der Waals surface area contributed by atoms with Gasteiger partial charge in [-0.3, -0.25) is 0 Å². The molecule has 6 nitrogen and oxygen atoms in total. The Labute approximate surface area is 161 Å². The minimum atomic E-state index is -1.48. The Kier molecular flexibility index (Phi) is 5.79. The molecular formula is C18H36O6P2. The van der Waals surface area contributed by atoms with Gasteiger partial charge in [0.05, 0.1) is 0 Å². The SMILES string of the molecule is CC1(C)OP(OC(C)(C)C(C)(C)OP2OC(C)(C)C(C)(C)O2)OC1(C)C. The molecule has 0 N–H and O–H groups in total. The van der Waals surface area contributed by atoms with Crippen molar-refractivity contribution in [3.63, 3.8) is 0 Å². The molecular weight excluding hydrogens is 374 g/mol. The van der Waals surface area contributed by atoms with Gasteiger partial charge in [0.15, 0.2) is 0 Å². The lowest BCUT2D eigenvalue weighted by molar-refractivity contribution is -0.0859. The minimum Gasteiger partial charge on any atom is -0.303 e. The van der Waals surface area contributed by atoms with Crippen molar-refractivity contribution < 1.29 is 27.1 Å². The summed E-state index contributed by atoms with van der Waals surface area (Å²) in [5.74, 6) is 0. The lowest BCUT2D eigenvalue weighted by Crippen LogP contribution is -2.47. The van der Waals surface area contributed by atoms with E-state index in [4.69, 9.17) is 27.1 Å². The van der Waals surface area contributed by atoms with Crippen molar-refractivity contribution in [2.24, 2.45) is 0 Å². The highest BCUT2D eigenvalue weighted by Crippen LogP contribution is 2.64. The van der Waals surface area contributed by atoms with Gasteiger partial charge in [-0.15, -0.1) is 0 Å². The molecule has 2 rings (SSSR count). The van der Waals surface area contributed by atoms with E-state index in [1.807, 2.05) is 83.1 Å². The lowest BCUT2D eigenvalue weighted by atomic mass is 9.90. The maximum atomic E-state index is 6.24. The van der Waals surface area contributed by atoms with E-state index in [1.165, 1.54) is 0 Å². The van der Waals surface area contributed by atoms with Crippen LogP contribution in [0, 0.1) is 0 Å². The molecule has 26 heavy (non-hydrogen) atoms. The van der Waals surface area contributed by atoms with E-state index in [1.54, 1.807) is 0 Å². The van der Waals surface area contributed by atoms with E-state index in [-0.39, 0.29) is 0 Å². The summed E-state index contributed by atoms with van der Waals surface area (Å²) >= 11 is 0. The number of rotatable bonds is 5. The zero-order valence-corrected chi connectivity index (χ0v) is 20.1. The van der Waals surface area contributed by atoms with E-state index in [0.717, 1.165) is 0 Å². The Hall–Kier alpha value is 0.620. The number of hydrogen-bond donors (Lipinski definition) is 0. The minimum absolute atomic E-state index is 0.421. The fourth-order valence-electron chi connectivity index (χ4n) is 1.89. The molecule has 0 bridgehead atoms. The topological polar surface area (TPSA) is 55.4 Å². The second-order valence-corrected chi connectivity index (χ2v) is 12.0. The van der Waals surface area contributed by atoms with Crippen molar-refractivity contribution in [3.05, 3.63) is 0 Å². The fourth-order valence-corrected chi connectivity index (χ4v) is 5.67. The molecule has 0 aromatic heterocycles. The molecule has 0 atom stereocenters. The van der Waals surface area contributed by atoms with Gasteiger partial charge >= 0.3 is 17.2 Å². The molecule has 0 radical (unpaired) electrons.